The van der Waals surface area contributed by atoms with Gasteiger partial charge < -0.3 is 19.9 Å². The van der Waals surface area contributed by atoms with Crippen LogP contribution in [0.1, 0.15) is 59.3 Å². The molecule has 0 aromatic rings. The third-order valence-corrected chi connectivity index (χ3v) is 4.60. The van der Waals surface area contributed by atoms with Gasteiger partial charge in [-0.05, 0) is 39.5 Å². The first kappa shape index (κ1) is 18.5. The molecule has 136 valence electrons. The van der Waals surface area contributed by atoms with Gasteiger partial charge in [-0.3, -0.25) is 4.79 Å². The highest BCUT2D eigenvalue weighted by Gasteiger charge is 2.47. The van der Waals surface area contributed by atoms with Gasteiger partial charge in [0.05, 0.1) is 6.42 Å². The summed E-state index contributed by atoms with van der Waals surface area (Å²) in [5.41, 5.74) is -0.661. The van der Waals surface area contributed by atoms with Gasteiger partial charge in [0.25, 0.3) is 0 Å². The fourth-order valence-corrected chi connectivity index (χ4v) is 3.71. The standard InChI is InChI=1S/C17H27NO6/c1-17(2,3)24-16(22)18-11-9-12(19)23-14(15(20)21)13(11)10-7-5-4-6-8-10/h10-11,13-14H,4-9H2,1-3H3,(H,18,22)(H,20,21)/t11-,13-,14-/m1/s1. The Morgan fingerprint density at radius 3 is 2.38 bits per heavy atom. The first-order valence-electron chi connectivity index (χ1n) is 8.59. The molecule has 1 amide bonds. The Labute approximate surface area is 142 Å². The zero-order chi connectivity index (χ0) is 17.9. The summed E-state index contributed by atoms with van der Waals surface area (Å²) >= 11 is 0. The summed E-state index contributed by atoms with van der Waals surface area (Å²) < 4.78 is 10.4. The van der Waals surface area contributed by atoms with Gasteiger partial charge in [-0.15, -0.1) is 0 Å². The van der Waals surface area contributed by atoms with Crippen LogP contribution in [-0.2, 0) is 19.1 Å². The molecular formula is C17H27NO6. The Morgan fingerprint density at radius 1 is 1.21 bits per heavy atom. The van der Waals surface area contributed by atoms with Gasteiger partial charge in [0, 0.05) is 12.0 Å². The van der Waals surface area contributed by atoms with Crippen LogP contribution in [0.2, 0.25) is 0 Å². The van der Waals surface area contributed by atoms with Crippen LogP contribution in [0.3, 0.4) is 0 Å². The van der Waals surface area contributed by atoms with Crippen molar-refractivity contribution in [3.8, 4) is 0 Å². The van der Waals surface area contributed by atoms with Crippen LogP contribution in [0.5, 0.6) is 0 Å². The van der Waals surface area contributed by atoms with Crippen LogP contribution in [-0.4, -0.2) is 40.9 Å². The summed E-state index contributed by atoms with van der Waals surface area (Å²) in [5, 5.41) is 12.2. The van der Waals surface area contributed by atoms with E-state index in [1.165, 1.54) is 0 Å². The maximum atomic E-state index is 12.1. The van der Waals surface area contributed by atoms with Gasteiger partial charge in [-0.1, -0.05) is 19.3 Å². The van der Waals surface area contributed by atoms with Gasteiger partial charge >= 0.3 is 18.0 Å². The molecular weight excluding hydrogens is 314 g/mol. The lowest BCUT2D eigenvalue weighted by molar-refractivity contribution is -0.178. The smallest absolute Gasteiger partial charge is 0.407 e. The number of alkyl carbamates (subject to hydrolysis) is 1. The van der Waals surface area contributed by atoms with Crippen molar-refractivity contribution < 1.29 is 29.0 Å². The molecule has 2 fully saturated rings. The Kier molecular flexibility index (Phi) is 5.72. The molecule has 0 aromatic heterocycles. The van der Waals surface area contributed by atoms with Gasteiger partial charge in [0.2, 0.25) is 6.10 Å². The molecule has 1 heterocycles. The number of cyclic esters (lactones) is 1. The Balaban J connectivity index is 2.17. The Bertz CT molecular complexity index is 492. The average molecular weight is 341 g/mol. The average Bonchev–Trinajstić information content (AvgIpc) is 2.45. The molecule has 2 rings (SSSR count). The molecule has 7 heteroatoms. The Hall–Kier alpha value is -1.79. The third-order valence-electron chi connectivity index (χ3n) is 4.60. The highest BCUT2D eigenvalue weighted by molar-refractivity contribution is 5.81. The summed E-state index contributed by atoms with van der Waals surface area (Å²) in [5.74, 6) is -2.06. The molecule has 0 bridgehead atoms. The SMILES string of the molecule is CC(C)(C)OC(=O)N[C@@H]1CC(=O)O[C@@H](C(=O)O)[C@@H]1C1CCCCC1. The van der Waals surface area contributed by atoms with E-state index in [9.17, 15) is 19.5 Å². The quantitative estimate of drug-likeness (QED) is 0.765. The van der Waals surface area contributed by atoms with E-state index in [-0.39, 0.29) is 12.3 Å². The summed E-state index contributed by atoms with van der Waals surface area (Å²) in [6.45, 7) is 5.25. The zero-order valence-corrected chi connectivity index (χ0v) is 14.5. The van der Waals surface area contributed by atoms with Crippen LogP contribution in [0.4, 0.5) is 4.79 Å². The maximum Gasteiger partial charge on any atom is 0.407 e. The Morgan fingerprint density at radius 2 is 1.83 bits per heavy atom. The molecule has 3 atom stereocenters. The lowest BCUT2D eigenvalue weighted by atomic mass is 9.72. The van der Waals surface area contributed by atoms with Gasteiger partial charge in [-0.2, -0.15) is 0 Å². The van der Waals surface area contributed by atoms with Crippen molar-refractivity contribution in [2.24, 2.45) is 11.8 Å². The van der Waals surface area contributed by atoms with Crippen LogP contribution in [0.15, 0.2) is 0 Å². The summed E-state index contributed by atoms with van der Waals surface area (Å²) in [4.78, 5) is 35.5. The normalized spacial score (nSPS) is 28.8. The second kappa shape index (κ2) is 7.40. The number of rotatable bonds is 3. The molecule has 1 saturated heterocycles. The van der Waals surface area contributed by atoms with E-state index in [2.05, 4.69) is 5.32 Å². The molecule has 1 saturated carbocycles. The van der Waals surface area contributed by atoms with Crippen molar-refractivity contribution in [3.63, 3.8) is 0 Å². The van der Waals surface area contributed by atoms with E-state index >= 15 is 0 Å². The minimum absolute atomic E-state index is 0.0236. The van der Waals surface area contributed by atoms with Gasteiger partial charge in [-0.25, -0.2) is 9.59 Å². The molecule has 24 heavy (non-hydrogen) atoms. The molecule has 1 aliphatic heterocycles. The number of carboxylic acid groups (broad SMARTS) is 1. The highest BCUT2D eigenvalue weighted by Crippen LogP contribution is 2.38. The fourth-order valence-electron chi connectivity index (χ4n) is 3.71. The van der Waals surface area contributed by atoms with Gasteiger partial charge in [0.1, 0.15) is 5.60 Å². The van der Waals surface area contributed by atoms with E-state index in [1.807, 2.05) is 0 Å². The van der Waals surface area contributed by atoms with E-state index < -0.39 is 41.7 Å². The van der Waals surface area contributed by atoms with Crippen LogP contribution >= 0.6 is 0 Å². The molecule has 0 unspecified atom stereocenters. The molecule has 2 aliphatic rings. The number of hydrogen-bond donors (Lipinski definition) is 2. The number of carbonyl (C=O) groups excluding carboxylic acids is 2. The lowest BCUT2D eigenvalue weighted by Gasteiger charge is -2.41. The van der Waals surface area contributed by atoms with E-state index in [4.69, 9.17) is 9.47 Å². The number of aliphatic carboxylic acids is 1. The van der Waals surface area contributed by atoms with Crippen LogP contribution < -0.4 is 5.32 Å². The number of amides is 1. The molecule has 0 aromatic carbocycles. The van der Waals surface area contributed by atoms with Gasteiger partial charge in [0.15, 0.2) is 0 Å². The third kappa shape index (κ3) is 4.85. The number of hydrogen-bond acceptors (Lipinski definition) is 5. The predicted molar refractivity (Wildman–Crippen MR) is 85.4 cm³/mol. The van der Waals surface area contributed by atoms with E-state index in [0.717, 1.165) is 32.1 Å². The zero-order valence-electron chi connectivity index (χ0n) is 14.5. The molecule has 2 N–H and O–H groups in total. The first-order chi connectivity index (χ1) is 11.2. The number of nitrogens with one attached hydrogen (secondary N) is 1. The number of carbonyl (C=O) groups is 3. The van der Waals surface area contributed by atoms with Crippen LogP contribution in [0.25, 0.3) is 0 Å². The number of esters is 1. The van der Waals surface area contributed by atoms with Crippen molar-refractivity contribution >= 4 is 18.0 Å². The van der Waals surface area contributed by atoms with Crippen molar-refractivity contribution in [2.75, 3.05) is 0 Å². The monoisotopic (exact) mass is 341 g/mol. The topological polar surface area (TPSA) is 102 Å². The lowest BCUT2D eigenvalue weighted by Crippen LogP contribution is -2.56. The minimum Gasteiger partial charge on any atom is -0.478 e. The minimum atomic E-state index is -1.21. The number of carboxylic acids is 1. The molecule has 0 spiro atoms. The largest absolute Gasteiger partial charge is 0.478 e. The van der Waals surface area contributed by atoms with E-state index in [0.29, 0.717) is 0 Å². The van der Waals surface area contributed by atoms with Crippen molar-refractivity contribution in [1.29, 1.82) is 0 Å². The highest BCUT2D eigenvalue weighted by atomic mass is 16.6. The molecule has 7 nitrogen and oxygen atoms in total. The van der Waals surface area contributed by atoms with Crippen LogP contribution in [0, 0.1) is 11.8 Å². The molecule has 1 aliphatic carbocycles. The van der Waals surface area contributed by atoms with Crippen molar-refractivity contribution in [3.05, 3.63) is 0 Å². The number of ether oxygens (including phenoxy) is 2. The fraction of sp³-hybridized carbons (Fsp3) is 0.824. The summed E-state index contributed by atoms with van der Waals surface area (Å²) in [7, 11) is 0. The van der Waals surface area contributed by atoms with E-state index in [1.54, 1.807) is 20.8 Å². The summed E-state index contributed by atoms with van der Waals surface area (Å²) in [6.07, 6.45) is 3.09. The predicted octanol–water partition coefficient (Wildman–Crippen LogP) is 2.48. The second-order valence-electron chi connectivity index (χ2n) is 7.68. The maximum absolute atomic E-state index is 12.1. The van der Waals surface area contributed by atoms with Crippen molar-refractivity contribution in [1.82, 2.24) is 5.32 Å². The molecule has 0 radical (unpaired) electrons. The first-order valence-corrected chi connectivity index (χ1v) is 8.59. The van der Waals surface area contributed by atoms with Crippen molar-refractivity contribution in [2.45, 2.75) is 77.0 Å². The second-order valence-corrected chi connectivity index (χ2v) is 7.68. The summed E-state index contributed by atoms with van der Waals surface area (Å²) in [6, 6.07) is -0.578.